The summed E-state index contributed by atoms with van der Waals surface area (Å²) in [5.41, 5.74) is 0. The average Bonchev–Trinajstić information content (AvgIpc) is 2.45. The lowest BCUT2D eigenvalue weighted by Crippen LogP contribution is -2.43. The Morgan fingerprint density at radius 1 is 1.62 bits per heavy atom. The van der Waals surface area contributed by atoms with Gasteiger partial charge in [0.2, 0.25) is 5.91 Å². The first-order valence-electron chi connectivity index (χ1n) is 5.08. The van der Waals surface area contributed by atoms with Gasteiger partial charge < -0.3 is 4.90 Å². The molecule has 1 amide bonds. The number of carbonyl (C=O) groups excluding carboxylic acids is 1. The second-order valence-electron chi connectivity index (χ2n) is 3.91. The molecule has 0 spiro atoms. The lowest BCUT2D eigenvalue weighted by Gasteiger charge is -2.29. The smallest absolute Gasteiger partial charge is 0.235 e. The first-order valence-corrected chi connectivity index (χ1v) is 5.59. The van der Waals surface area contributed by atoms with Crippen molar-refractivity contribution in [3.63, 3.8) is 0 Å². The van der Waals surface area contributed by atoms with Crippen LogP contribution in [0.25, 0.3) is 0 Å². The van der Waals surface area contributed by atoms with Crippen molar-refractivity contribution < 1.29 is 4.79 Å². The van der Waals surface area contributed by atoms with Crippen molar-refractivity contribution in [2.45, 2.75) is 57.4 Å². The molecule has 0 aliphatic carbocycles. The Morgan fingerprint density at radius 2 is 2.23 bits per heavy atom. The first-order chi connectivity index (χ1) is 6.07. The Kier molecular flexibility index (Phi) is 3.65. The van der Waals surface area contributed by atoms with E-state index in [1.54, 1.807) is 0 Å². The molecule has 1 heterocycles. The zero-order valence-corrected chi connectivity index (χ0v) is 9.55. The van der Waals surface area contributed by atoms with Crippen molar-refractivity contribution in [2.24, 2.45) is 0 Å². The van der Waals surface area contributed by atoms with E-state index in [-0.39, 0.29) is 11.2 Å². The second kappa shape index (κ2) is 4.36. The van der Waals surface area contributed by atoms with Gasteiger partial charge in [0.15, 0.2) is 0 Å². The fraction of sp³-hybridized carbons (Fsp3) is 0.900. The molecule has 1 fully saturated rings. The summed E-state index contributed by atoms with van der Waals surface area (Å²) in [6.45, 7) is 6.12. The molecule has 0 aromatic carbocycles. The molecule has 3 atom stereocenters. The predicted octanol–water partition coefficient (Wildman–Crippen LogP) is 2.09. The minimum absolute atomic E-state index is 0.158. The molecule has 0 N–H and O–H groups in total. The van der Waals surface area contributed by atoms with E-state index in [9.17, 15) is 4.79 Å². The summed E-state index contributed by atoms with van der Waals surface area (Å²) in [5.74, 6) is 0.195. The van der Waals surface area contributed by atoms with Gasteiger partial charge in [-0.1, -0.05) is 6.92 Å². The Bertz CT molecular complexity index is 193. The van der Waals surface area contributed by atoms with Crippen LogP contribution < -0.4 is 0 Å². The maximum absolute atomic E-state index is 11.8. The van der Waals surface area contributed by atoms with Crippen LogP contribution in [0.2, 0.25) is 0 Å². The van der Waals surface area contributed by atoms with E-state index in [0.29, 0.717) is 12.1 Å². The number of hydrogen-bond donors (Lipinski definition) is 1. The van der Waals surface area contributed by atoms with Crippen LogP contribution in [0.5, 0.6) is 0 Å². The number of carbonyl (C=O) groups is 1. The molecule has 1 aliphatic rings. The maximum Gasteiger partial charge on any atom is 0.235 e. The van der Waals surface area contributed by atoms with Gasteiger partial charge in [-0.05, 0) is 33.1 Å². The number of thiol groups is 1. The molecule has 0 bridgehead atoms. The highest BCUT2D eigenvalue weighted by Gasteiger charge is 2.34. The molecule has 1 aliphatic heterocycles. The van der Waals surface area contributed by atoms with Gasteiger partial charge in [0.1, 0.15) is 0 Å². The number of likely N-dealkylation sites (tertiary alicyclic amines) is 1. The monoisotopic (exact) mass is 201 g/mol. The normalized spacial score (nSPS) is 30.6. The van der Waals surface area contributed by atoms with Gasteiger partial charge in [-0.3, -0.25) is 4.79 Å². The third-order valence-electron chi connectivity index (χ3n) is 2.87. The highest BCUT2D eigenvalue weighted by molar-refractivity contribution is 7.81. The van der Waals surface area contributed by atoms with E-state index in [4.69, 9.17) is 0 Å². The van der Waals surface area contributed by atoms with Gasteiger partial charge in [0.25, 0.3) is 0 Å². The Hall–Kier alpha value is -0.180. The van der Waals surface area contributed by atoms with Crippen LogP contribution in [0.3, 0.4) is 0 Å². The summed E-state index contributed by atoms with van der Waals surface area (Å²) in [7, 11) is 0. The zero-order chi connectivity index (χ0) is 10.0. The van der Waals surface area contributed by atoms with Crippen LogP contribution in [-0.2, 0) is 4.79 Å². The van der Waals surface area contributed by atoms with E-state index in [2.05, 4.69) is 26.5 Å². The van der Waals surface area contributed by atoms with E-state index in [1.165, 1.54) is 0 Å². The lowest BCUT2D eigenvalue weighted by atomic mass is 10.1. The minimum atomic E-state index is -0.158. The van der Waals surface area contributed by atoms with Crippen molar-refractivity contribution >= 4 is 18.5 Å². The topological polar surface area (TPSA) is 20.3 Å². The minimum Gasteiger partial charge on any atom is -0.336 e. The van der Waals surface area contributed by atoms with E-state index >= 15 is 0 Å². The largest absolute Gasteiger partial charge is 0.336 e. The van der Waals surface area contributed by atoms with E-state index in [1.807, 2.05) is 11.8 Å². The highest BCUT2D eigenvalue weighted by atomic mass is 32.1. The zero-order valence-electron chi connectivity index (χ0n) is 8.66. The summed E-state index contributed by atoms with van der Waals surface area (Å²) in [6.07, 6.45) is 3.37. The Labute approximate surface area is 86.1 Å². The van der Waals surface area contributed by atoms with Crippen LogP contribution >= 0.6 is 12.6 Å². The molecule has 0 radical (unpaired) electrons. The number of nitrogens with zero attached hydrogens (tertiary/aromatic N) is 1. The van der Waals surface area contributed by atoms with Crippen LogP contribution in [0.15, 0.2) is 0 Å². The molecule has 13 heavy (non-hydrogen) atoms. The molecule has 1 saturated heterocycles. The fourth-order valence-corrected chi connectivity index (χ4v) is 2.22. The van der Waals surface area contributed by atoms with Gasteiger partial charge in [-0.2, -0.15) is 12.6 Å². The molecule has 2 nitrogen and oxygen atoms in total. The summed E-state index contributed by atoms with van der Waals surface area (Å²) in [6, 6.07) is 0.865. The van der Waals surface area contributed by atoms with Gasteiger partial charge in [0, 0.05) is 12.1 Å². The van der Waals surface area contributed by atoms with Crippen LogP contribution in [0, 0.1) is 0 Å². The quantitative estimate of drug-likeness (QED) is 0.678. The van der Waals surface area contributed by atoms with Crippen molar-refractivity contribution in [3.05, 3.63) is 0 Å². The number of hydrogen-bond acceptors (Lipinski definition) is 2. The summed E-state index contributed by atoms with van der Waals surface area (Å²) in [5, 5.41) is -0.158. The highest BCUT2D eigenvalue weighted by Crippen LogP contribution is 2.27. The molecule has 3 unspecified atom stereocenters. The fourth-order valence-electron chi connectivity index (χ4n) is 2.09. The molecule has 3 heteroatoms. The third kappa shape index (κ3) is 2.19. The van der Waals surface area contributed by atoms with E-state index in [0.717, 1.165) is 19.3 Å². The standard InChI is InChI=1S/C10H19NOS/c1-4-9-6-5-7(2)11(9)10(12)8(3)13/h7-9,13H,4-6H2,1-3H3. The van der Waals surface area contributed by atoms with Crippen molar-refractivity contribution in [3.8, 4) is 0 Å². The van der Waals surface area contributed by atoms with Crippen molar-refractivity contribution in [1.82, 2.24) is 4.90 Å². The van der Waals surface area contributed by atoms with Gasteiger partial charge in [-0.25, -0.2) is 0 Å². The van der Waals surface area contributed by atoms with Gasteiger partial charge in [0.05, 0.1) is 5.25 Å². The van der Waals surface area contributed by atoms with Crippen molar-refractivity contribution in [1.29, 1.82) is 0 Å². The molecular weight excluding hydrogens is 182 g/mol. The maximum atomic E-state index is 11.8. The molecular formula is C10H19NOS. The van der Waals surface area contributed by atoms with Crippen LogP contribution in [0.1, 0.15) is 40.0 Å². The molecule has 0 aromatic heterocycles. The predicted molar refractivity (Wildman–Crippen MR) is 58.1 cm³/mol. The Morgan fingerprint density at radius 3 is 2.69 bits per heavy atom. The van der Waals surface area contributed by atoms with Crippen LogP contribution in [0.4, 0.5) is 0 Å². The van der Waals surface area contributed by atoms with Gasteiger partial charge >= 0.3 is 0 Å². The third-order valence-corrected chi connectivity index (χ3v) is 3.09. The molecule has 0 aromatic rings. The van der Waals surface area contributed by atoms with E-state index < -0.39 is 0 Å². The average molecular weight is 201 g/mol. The summed E-state index contributed by atoms with van der Waals surface area (Å²) < 4.78 is 0. The second-order valence-corrected chi connectivity index (χ2v) is 4.68. The van der Waals surface area contributed by atoms with Gasteiger partial charge in [-0.15, -0.1) is 0 Å². The summed E-state index contributed by atoms with van der Waals surface area (Å²) >= 11 is 4.20. The summed E-state index contributed by atoms with van der Waals surface area (Å²) in [4.78, 5) is 13.8. The Balaban J connectivity index is 2.69. The first kappa shape index (κ1) is 10.9. The van der Waals surface area contributed by atoms with Crippen molar-refractivity contribution in [2.75, 3.05) is 0 Å². The molecule has 76 valence electrons. The molecule has 0 saturated carbocycles. The number of amides is 1. The molecule has 1 rings (SSSR count). The number of rotatable bonds is 2. The lowest BCUT2D eigenvalue weighted by molar-refractivity contribution is -0.132. The van der Waals surface area contributed by atoms with Crippen LogP contribution in [-0.4, -0.2) is 28.1 Å². The SMILES string of the molecule is CCC1CCC(C)N1C(=O)C(C)S.